The maximum absolute atomic E-state index is 11.0. The molecule has 0 aromatic carbocycles. The van der Waals surface area contributed by atoms with E-state index in [2.05, 4.69) is 11.6 Å². The minimum absolute atomic E-state index is 0.169. The fraction of sp³-hybridized carbons (Fsp3) is 0.200. The normalized spacial score (nSPS) is 9.71. The van der Waals surface area contributed by atoms with Crippen molar-refractivity contribution < 1.29 is 14.8 Å². The third-order valence-electron chi connectivity index (χ3n) is 2.06. The number of aromatic carboxylic acids is 1. The maximum Gasteiger partial charge on any atom is 0.339 e. The van der Waals surface area contributed by atoms with E-state index in [1.807, 2.05) is 0 Å². The first-order valence-corrected chi connectivity index (χ1v) is 4.67. The number of pyridine rings is 1. The van der Waals surface area contributed by atoms with Gasteiger partial charge < -0.3 is 10.0 Å². The van der Waals surface area contributed by atoms with Crippen LogP contribution >= 0.6 is 0 Å². The summed E-state index contributed by atoms with van der Waals surface area (Å²) in [5.74, 6) is -1.09. The van der Waals surface area contributed by atoms with Gasteiger partial charge in [-0.2, -0.15) is 0 Å². The number of anilines is 1. The van der Waals surface area contributed by atoms with Gasteiger partial charge in [-0.3, -0.25) is 10.1 Å². The van der Waals surface area contributed by atoms with E-state index in [1.165, 1.54) is 0 Å². The quantitative estimate of drug-likeness (QED) is 0.471. The highest BCUT2D eigenvalue weighted by atomic mass is 16.6. The van der Waals surface area contributed by atoms with E-state index in [4.69, 9.17) is 5.11 Å². The van der Waals surface area contributed by atoms with Crippen molar-refractivity contribution in [2.75, 3.05) is 18.5 Å². The predicted octanol–water partition coefficient (Wildman–Crippen LogP) is 1.31. The molecule has 0 aliphatic heterocycles. The lowest BCUT2D eigenvalue weighted by Gasteiger charge is -2.17. The zero-order valence-electron chi connectivity index (χ0n) is 9.16. The van der Waals surface area contributed by atoms with E-state index in [9.17, 15) is 14.9 Å². The van der Waals surface area contributed by atoms with Crippen LogP contribution in [0.5, 0.6) is 0 Å². The molecule has 0 aliphatic rings. The second kappa shape index (κ2) is 5.06. The van der Waals surface area contributed by atoms with E-state index in [0.29, 0.717) is 6.54 Å². The van der Waals surface area contributed by atoms with Gasteiger partial charge in [-0.25, -0.2) is 9.78 Å². The first kappa shape index (κ1) is 12.6. The molecule has 1 aromatic heterocycles. The molecule has 0 fully saturated rings. The molecule has 7 heteroatoms. The fourth-order valence-corrected chi connectivity index (χ4v) is 1.29. The van der Waals surface area contributed by atoms with Gasteiger partial charge in [0.1, 0.15) is 17.6 Å². The molecule has 0 spiro atoms. The minimum atomic E-state index is -1.26. The van der Waals surface area contributed by atoms with E-state index in [1.54, 1.807) is 18.0 Å². The molecule has 90 valence electrons. The van der Waals surface area contributed by atoms with E-state index in [-0.39, 0.29) is 17.1 Å². The molecule has 0 aliphatic carbocycles. The highest BCUT2D eigenvalue weighted by Crippen LogP contribution is 2.21. The average molecular weight is 237 g/mol. The van der Waals surface area contributed by atoms with Crippen LogP contribution in [-0.2, 0) is 0 Å². The van der Waals surface area contributed by atoms with Crippen LogP contribution in [0.4, 0.5) is 11.5 Å². The molecular weight excluding hydrogens is 226 g/mol. The second-order valence-corrected chi connectivity index (χ2v) is 3.30. The monoisotopic (exact) mass is 237 g/mol. The van der Waals surface area contributed by atoms with Gasteiger partial charge in [0.25, 0.3) is 5.69 Å². The van der Waals surface area contributed by atoms with Crippen molar-refractivity contribution in [3.63, 3.8) is 0 Å². The van der Waals surface area contributed by atoms with Crippen LogP contribution in [0.3, 0.4) is 0 Å². The number of nitrogens with zero attached hydrogens (tertiary/aromatic N) is 3. The number of rotatable bonds is 5. The van der Waals surface area contributed by atoms with Gasteiger partial charge in [-0.1, -0.05) is 6.08 Å². The first-order valence-electron chi connectivity index (χ1n) is 4.67. The number of carbonyl (C=O) groups is 1. The van der Waals surface area contributed by atoms with E-state index < -0.39 is 10.9 Å². The summed E-state index contributed by atoms with van der Waals surface area (Å²) >= 11 is 0. The number of hydrogen-bond acceptors (Lipinski definition) is 5. The Labute approximate surface area is 97.2 Å². The summed E-state index contributed by atoms with van der Waals surface area (Å²) in [6, 6.07) is 0.990. The SMILES string of the molecule is C=CCN(C)c1ncc([N+](=O)[O-])cc1C(=O)O. The Balaban J connectivity index is 3.26. The lowest BCUT2D eigenvalue weighted by Crippen LogP contribution is -2.21. The Hall–Kier alpha value is -2.44. The number of aromatic nitrogens is 1. The molecule has 0 bridgehead atoms. The topological polar surface area (TPSA) is 96.6 Å². The molecule has 0 saturated heterocycles. The molecule has 1 heterocycles. The Morgan fingerprint density at radius 2 is 2.41 bits per heavy atom. The lowest BCUT2D eigenvalue weighted by molar-refractivity contribution is -0.385. The van der Waals surface area contributed by atoms with Gasteiger partial charge in [-0.05, 0) is 0 Å². The highest BCUT2D eigenvalue weighted by molar-refractivity contribution is 5.94. The number of hydrogen-bond donors (Lipinski definition) is 1. The standard InChI is InChI=1S/C10H11N3O4/c1-3-4-12(2)9-8(10(14)15)5-7(6-11-9)13(16)17/h3,5-6H,1,4H2,2H3,(H,14,15). The second-order valence-electron chi connectivity index (χ2n) is 3.30. The van der Waals surface area contributed by atoms with E-state index in [0.717, 1.165) is 12.3 Å². The van der Waals surface area contributed by atoms with Gasteiger partial charge in [0.15, 0.2) is 0 Å². The van der Waals surface area contributed by atoms with Gasteiger partial charge in [0, 0.05) is 19.7 Å². The van der Waals surface area contributed by atoms with Crippen molar-refractivity contribution in [2.45, 2.75) is 0 Å². The van der Waals surface area contributed by atoms with Crippen LogP contribution in [0.2, 0.25) is 0 Å². The molecule has 0 unspecified atom stereocenters. The molecule has 7 nitrogen and oxygen atoms in total. The van der Waals surface area contributed by atoms with Crippen molar-refractivity contribution in [2.24, 2.45) is 0 Å². The summed E-state index contributed by atoms with van der Waals surface area (Å²) in [7, 11) is 1.63. The molecule has 1 N–H and O–H groups in total. The summed E-state index contributed by atoms with van der Waals surface area (Å²) in [5.41, 5.74) is -0.554. The number of nitro groups is 1. The molecular formula is C10H11N3O4. The molecule has 0 radical (unpaired) electrons. The van der Waals surface area contributed by atoms with Gasteiger partial charge >= 0.3 is 5.97 Å². The van der Waals surface area contributed by atoms with Crippen LogP contribution < -0.4 is 4.90 Å². The van der Waals surface area contributed by atoms with Crippen molar-refractivity contribution in [1.29, 1.82) is 0 Å². The summed E-state index contributed by atoms with van der Waals surface area (Å²) < 4.78 is 0. The first-order chi connectivity index (χ1) is 7.97. The van der Waals surface area contributed by atoms with Crippen molar-refractivity contribution in [3.05, 3.63) is 40.6 Å². The highest BCUT2D eigenvalue weighted by Gasteiger charge is 2.19. The molecule has 0 saturated carbocycles. The number of carboxylic acid groups (broad SMARTS) is 1. The summed E-state index contributed by atoms with van der Waals surface area (Å²) in [4.78, 5) is 26.2. The Kier molecular flexibility index (Phi) is 3.76. The zero-order chi connectivity index (χ0) is 13.0. The minimum Gasteiger partial charge on any atom is -0.478 e. The zero-order valence-corrected chi connectivity index (χ0v) is 9.16. The molecule has 0 amide bonds. The Bertz CT molecular complexity index is 473. The largest absolute Gasteiger partial charge is 0.478 e. The maximum atomic E-state index is 11.0. The van der Waals surface area contributed by atoms with Crippen molar-refractivity contribution in [3.8, 4) is 0 Å². The average Bonchev–Trinajstić information content (AvgIpc) is 2.28. The predicted molar refractivity (Wildman–Crippen MR) is 61.3 cm³/mol. The van der Waals surface area contributed by atoms with Crippen LogP contribution in [0.1, 0.15) is 10.4 Å². The lowest BCUT2D eigenvalue weighted by atomic mass is 10.2. The van der Waals surface area contributed by atoms with Crippen LogP contribution in [0.25, 0.3) is 0 Å². The van der Waals surface area contributed by atoms with Crippen molar-refractivity contribution >= 4 is 17.5 Å². The van der Waals surface area contributed by atoms with Crippen LogP contribution in [0.15, 0.2) is 24.9 Å². The third kappa shape index (κ3) is 2.77. The fourth-order valence-electron chi connectivity index (χ4n) is 1.29. The number of likely N-dealkylation sites (N-methyl/N-ethyl adjacent to an activating group) is 1. The molecule has 0 atom stereocenters. The van der Waals surface area contributed by atoms with E-state index >= 15 is 0 Å². The summed E-state index contributed by atoms with van der Waals surface area (Å²) in [6.45, 7) is 3.92. The summed E-state index contributed by atoms with van der Waals surface area (Å²) in [5, 5.41) is 19.5. The molecule has 1 rings (SSSR count). The number of carboxylic acids is 1. The van der Waals surface area contributed by atoms with Crippen LogP contribution in [-0.4, -0.2) is 34.6 Å². The molecule has 1 aromatic rings. The van der Waals surface area contributed by atoms with Gasteiger partial charge in [-0.15, -0.1) is 6.58 Å². The Morgan fingerprint density at radius 3 is 2.88 bits per heavy atom. The smallest absolute Gasteiger partial charge is 0.339 e. The van der Waals surface area contributed by atoms with Crippen LogP contribution in [0, 0.1) is 10.1 Å². The van der Waals surface area contributed by atoms with Crippen molar-refractivity contribution in [1.82, 2.24) is 4.98 Å². The van der Waals surface area contributed by atoms with Gasteiger partial charge in [0.2, 0.25) is 0 Å². The molecule has 17 heavy (non-hydrogen) atoms. The summed E-state index contributed by atoms with van der Waals surface area (Å²) in [6.07, 6.45) is 2.61. The third-order valence-corrected chi connectivity index (χ3v) is 2.06. The van der Waals surface area contributed by atoms with Gasteiger partial charge in [0.05, 0.1) is 4.92 Å². The Morgan fingerprint density at radius 1 is 1.76 bits per heavy atom.